The quantitative estimate of drug-likeness (QED) is 0.761. The van der Waals surface area contributed by atoms with Gasteiger partial charge in [-0.2, -0.15) is 0 Å². The number of rotatable bonds is 2. The first-order valence-corrected chi connectivity index (χ1v) is 8.64. The van der Waals surface area contributed by atoms with E-state index in [0.29, 0.717) is 17.8 Å². The van der Waals surface area contributed by atoms with Crippen molar-refractivity contribution in [2.24, 2.45) is 23.2 Å². The first-order valence-electron chi connectivity index (χ1n) is 8.64. The van der Waals surface area contributed by atoms with Crippen LogP contribution in [0.25, 0.3) is 0 Å². The van der Waals surface area contributed by atoms with Crippen molar-refractivity contribution in [3.63, 3.8) is 0 Å². The normalized spacial score (nSPS) is 38.1. The third kappa shape index (κ3) is 3.82. The van der Waals surface area contributed by atoms with Crippen molar-refractivity contribution in [1.29, 1.82) is 0 Å². The SMILES string of the molecule is C[C@H](CC#CC(C)(C)O)[C@H]1CCC[C@H]2[C@@H](O)CCC[C@]12C. The van der Waals surface area contributed by atoms with Crippen molar-refractivity contribution in [3.05, 3.63) is 0 Å². The van der Waals surface area contributed by atoms with Gasteiger partial charge in [0.2, 0.25) is 0 Å². The van der Waals surface area contributed by atoms with E-state index in [1.165, 1.54) is 25.7 Å². The van der Waals surface area contributed by atoms with Gasteiger partial charge in [-0.05, 0) is 62.7 Å². The van der Waals surface area contributed by atoms with Crippen LogP contribution in [-0.4, -0.2) is 21.9 Å². The maximum Gasteiger partial charge on any atom is 0.119 e. The van der Waals surface area contributed by atoms with Gasteiger partial charge in [-0.15, -0.1) is 5.92 Å². The highest BCUT2D eigenvalue weighted by Gasteiger charge is 2.49. The Kier molecular flexibility index (Phi) is 5.06. The van der Waals surface area contributed by atoms with Crippen LogP contribution in [0.4, 0.5) is 0 Å². The maximum absolute atomic E-state index is 10.4. The number of aliphatic hydroxyl groups excluding tert-OH is 1. The highest BCUT2D eigenvalue weighted by Crippen LogP contribution is 2.55. The molecule has 0 aliphatic heterocycles. The predicted octanol–water partition coefficient (Wildman–Crippen LogP) is 3.75. The van der Waals surface area contributed by atoms with Crippen molar-refractivity contribution < 1.29 is 10.2 Å². The summed E-state index contributed by atoms with van der Waals surface area (Å²) in [7, 11) is 0. The van der Waals surface area contributed by atoms with Crippen molar-refractivity contribution in [2.45, 2.75) is 84.3 Å². The molecule has 2 heteroatoms. The first-order chi connectivity index (χ1) is 9.74. The van der Waals surface area contributed by atoms with Crippen molar-refractivity contribution >= 4 is 0 Å². The molecule has 2 N–H and O–H groups in total. The van der Waals surface area contributed by atoms with E-state index in [0.717, 1.165) is 19.3 Å². The minimum Gasteiger partial charge on any atom is -0.393 e. The Morgan fingerprint density at radius 2 is 1.95 bits per heavy atom. The van der Waals surface area contributed by atoms with Gasteiger partial charge < -0.3 is 10.2 Å². The smallest absolute Gasteiger partial charge is 0.119 e. The summed E-state index contributed by atoms with van der Waals surface area (Å²) in [6.07, 6.45) is 7.86. The Bertz CT molecular complexity index is 412. The van der Waals surface area contributed by atoms with Crippen LogP contribution in [0.5, 0.6) is 0 Å². The minimum atomic E-state index is -0.889. The molecule has 0 aromatic heterocycles. The van der Waals surface area contributed by atoms with Gasteiger partial charge in [0, 0.05) is 6.42 Å². The van der Waals surface area contributed by atoms with Crippen LogP contribution in [-0.2, 0) is 0 Å². The molecule has 2 saturated carbocycles. The second kappa shape index (κ2) is 6.31. The zero-order valence-corrected chi connectivity index (χ0v) is 14.2. The van der Waals surface area contributed by atoms with E-state index in [1.807, 2.05) is 0 Å². The fraction of sp³-hybridized carbons (Fsp3) is 0.895. The van der Waals surface area contributed by atoms with Crippen LogP contribution in [0.15, 0.2) is 0 Å². The summed E-state index contributed by atoms with van der Waals surface area (Å²) in [5.41, 5.74) is -0.606. The molecule has 0 saturated heterocycles. The minimum absolute atomic E-state index is 0.0961. The molecule has 5 atom stereocenters. The van der Waals surface area contributed by atoms with E-state index in [-0.39, 0.29) is 11.5 Å². The fourth-order valence-corrected chi connectivity index (χ4v) is 4.89. The van der Waals surface area contributed by atoms with E-state index in [2.05, 4.69) is 25.7 Å². The molecule has 2 nitrogen and oxygen atoms in total. The second-order valence-electron chi connectivity index (χ2n) is 8.15. The van der Waals surface area contributed by atoms with Crippen LogP contribution in [0, 0.1) is 35.0 Å². The molecule has 21 heavy (non-hydrogen) atoms. The summed E-state index contributed by atoms with van der Waals surface area (Å²) in [4.78, 5) is 0. The summed E-state index contributed by atoms with van der Waals surface area (Å²) in [6.45, 7) is 8.18. The summed E-state index contributed by atoms with van der Waals surface area (Å²) in [5.74, 6) is 7.80. The monoisotopic (exact) mass is 292 g/mol. The summed E-state index contributed by atoms with van der Waals surface area (Å²) >= 11 is 0. The Hall–Kier alpha value is -0.520. The van der Waals surface area contributed by atoms with Crippen LogP contribution in [0.1, 0.15) is 72.6 Å². The number of hydrogen-bond donors (Lipinski definition) is 2. The molecule has 2 aliphatic rings. The Balaban J connectivity index is 2.08. The molecule has 2 rings (SSSR count). The van der Waals surface area contributed by atoms with Crippen molar-refractivity contribution in [1.82, 2.24) is 0 Å². The summed E-state index contributed by atoms with van der Waals surface area (Å²) in [6, 6.07) is 0. The molecule has 0 unspecified atom stereocenters. The topological polar surface area (TPSA) is 40.5 Å². The standard InChI is InChI=1S/C19H32O2/c1-14(8-6-12-18(2,3)21)15-9-5-10-16-17(20)11-7-13-19(15,16)4/h14-17,20-21H,5,7-11,13H2,1-4H3/t14-,15-,16+,17+,19-/m1/s1. The lowest BCUT2D eigenvalue weighted by Gasteiger charge is -2.54. The van der Waals surface area contributed by atoms with Gasteiger partial charge in [0.25, 0.3) is 0 Å². The maximum atomic E-state index is 10.4. The number of aliphatic hydroxyl groups is 2. The van der Waals surface area contributed by atoms with Gasteiger partial charge in [0.1, 0.15) is 5.60 Å². The Morgan fingerprint density at radius 3 is 2.62 bits per heavy atom. The number of hydrogen-bond acceptors (Lipinski definition) is 2. The van der Waals surface area contributed by atoms with Crippen molar-refractivity contribution in [2.75, 3.05) is 0 Å². The molecule has 2 fully saturated rings. The third-order valence-electron chi connectivity index (χ3n) is 5.91. The predicted molar refractivity (Wildman–Crippen MR) is 86.7 cm³/mol. The largest absolute Gasteiger partial charge is 0.393 e. The van der Waals surface area contributed by atoms with E-state index in [1.54, 1.807) is 13.8 Å². The average Bonchev–Trinajstić information content (AvgIpc) is 2.36. The van der Waals surface area contributed by atoms with Crippen LogP contribution in [0.3, 0.4) is 0 Å². The van der Waals surface area contributed by atoms with Gasteiger partial charge in [-0.25, -0.2) is 0 Å². The fourth-order valence-electron chi connectivity index (χ4n) is 4.89. The zero-order valence-electron chi connectivity index (χ0n) is 14.2. The van der Waals surface area contributed by atoms with Crippen LogP contribution >= 0.6 is 0 Å². The average molecular weight is 292 g/mol. The molecule has 0 bridgehead atoms. The molecular weight excluding hydrogens is 260 g/mol. The molecule has 0 aromatic carbocycles. The number of fused-ring (bicyclic) bond motifs is 1. The zero-order chi connectivity index (χ0) is 15.7. The Morgan fingerprint density at radius 1 is 1.24 bits per heavy atom. The lowest BCUT2D eigenvalue weighted by molar-refractivity contribution is -0.0911. The van der Waals surface area contributed by atoms with Gasteiger partial charge in [0.15, 0.2) is 0 Å². The molecule has 0 radical (unpaired) electrons. The lowest BCUT2D eigenvalue weighted by Crippen LogP contribution is -2.49. The van der Waals surface area contributed by atoms with Crippen molar-refractivity contribution in [3.8, 4) is 11.8 Å². The summed E-state index contributed by atoms with van der Waals surface area (Å²) in [5, 5.41) is 20.1. The molecular formula is C19H32O2. The first kappa shape index (κ1) is 16.8. The Labute approximate surface area is 130 Å². The molecule has 2 aliphatic carbocycles. The molecule has 120 valence electrons. The van der Waals surface area contributed by atoms with Crippen LogP contribution in [0.2, 0.25) is 0 Å². The third-order valence-corrected chi connectivity index (χ3v) is 5.91. The van der Waals surface area contributed by atoms with Crippen LogP contribution < -0.4 is 0 Å². The van der Waals surface area contributed by atoms with Gasteiger partial charge in [-0.1, -0.05) is 32.6 Å². The van der Waals surface area contributed by atoms with E-state index < -0.39 is 5.60 Å². The van der Waals surface area contributed by atoms with Gasteiger partial charge in [-0.3, -0.25) is 0 Å². The van der Waals surface area contributed by atoms with E-state index in [4.69, 9.17) is 0 Å². The lowest BCUT2D eigenvalue weighted by atomic mass is 9.52. The highest BCUT2D eigenvalue weighted by atomic mass is 16.3. The molecule has 0 amide bonds. The van der Waals surface area contributed by atoms with Gasteiger partial charge >= 0.3 is 0 Å². The second-order valence-corrected chi connectivity index (χ2v) is 8.15. The highest BCUT2D eigenvalue weighted by molar-refractivity contribution is 5.11. The van der Waals surface area contributed by atoms with E-state index in [9.17, 15) is 10.2 Å². The molecule has 0 heterocycles. The summed E-state index contributed by atoms with van der Waals surface area (Å²) < 4.78 is 0. The van der Waals surface area contributed by atoms with E-state index >= 15 is 0 Å². The molecule has 0 aromatic rings. The van der Waals surface area contributed by atoms with Gasteiger partial charge in [0.05, 0.1) is 6.10 Å². The molecule has 0 spiro atoms.